The van der Waals surface area contributed by atoms with Crippen LogP contribution < -0.4 is 0 Å². The van der Waals surface area contributed by atoms with Gasteiger partial charge in [-0.2, -0.15) is 0 Å². The lowest BCUT2D eigenvalue weighted by Crippen LogP contribution is -2.46. The van der Waals surface area contributed by atoms with Gasteiger partial charge in [0, 0.05) is 4.43 Å². The van der Waals surface area contributed by atoms with Crippen molar-refractivity contribution in [2.75, 3.05) is 4.43 Å². The summed E-state index contributed by atoms with van der Waals surface area (Å²) < 4.78 is 1.27. The Morgan fingerprint density at radius 3 is 2.60 bits per heavy atom. The van der Waals surface area contributed by atoms with Gasteiger partial charge in [-0.3, -0.25) is 0 Å². The predicted molar refractivity (Wildman–Crippen MR) is 137 cm³/mol. The quantitative estimate of drug-likeness (QED) is 0.201. The van der Waals surface area contributed by atoms with Gasteiger partial charge in [-0.15, -0.1) is 0 Å². The molecule has 4 aliphatic rings. The van der Waals surface area contributed by atoms with Crippen LogP contribution in [0.3, 0.4) is 0 Å². The SMILES string of the molecule is CC(C)CCCC(C)C1CCC2C3CC(CCI)C4=C(CCC(O)C4)C3CCC12C. The van der Waals surface area contributed by atoms with E-state index in [4.69, 9.17) is 0 Å². The molecule has 30 heavy (non-hydrogen) atoms. The Morgan fingerprint density at radius 2 is 1.87 bits per heavy atom. The Morgan fingerprint density at radius 1 is 1.07 bits per heavy atom. The van der Waals surface area contributed by atoms with Gasteiger partial charge >= 0.3 is 0 Å². The van der Waals surface area contributed by atoms with Crippen molar-refractivity contribution in [1.82, 2.24) is 0 Å². The zero-order valence-electron chi connectivity index (χ0n) is 20.1. The van der Waals surface area contributed by atoms with Gasteiger partial charge in [0.05, 0.1) is 6.10 Å². The van der Waals surface area contributed by atoms with Gasteiger partial charge in [0.1, 0.15) is 0 Å². The van der Waals surface area contributed by atoms with Crippen molar-refractivity contribution >= 4 is 22.6 Å². The molecule has 2 heteroatoms. The minimum atomic E-state index is -0.0617. The van der Waals surface area contributed by atoms with E-state index in [0.29, 0.717) is 5.41 Å². The van der Waals surface area contributed by atoms with Crippen LogP contribution in [0.4, 0.5) is 0 Å². The van der Waals surface area contributed by atoms with E-state index in [1.165, 1.54) is 68.6 Å². The maximum absolute atomic E-state index is 10.4. The van der Waals surface area contributed by atoms with Crippen LogP contribution in [0.15, 0.2) is 11.1 Å². The number of halogens is 1. The average Bonchev–Trinajstić information content (AvgIpc) is 3.05. The third-order valence-electron chi connectivity index (χ3n) is 10.2. The van der Waals surface area contributed by atoms with E-state index in [-0.39, 0.29) is 6.10 Å². The van der Waals surface area contributed by atoms with Crippen molar-refractivity contribution in [1.29, 1.82) is 0 Å². The summed E-state index contributed by atoms with van der Waals surface area (Å²) in [6.45, 7) is 10.1. The van der Waals surface area contributed by atoms with Gasteiger partial charge in [-0.1, -0.05) is 80.7 Å². The molecule has 0 radical (unpaired) electrons. The van der Waals surface area contributed by atoms with Crippen molar-refractivity contribution < 1.29 is 5.11 Å². The van der Waals surface area contributed by atoms with Crippen molar-refractivity contribution in [2.24, 2.45) is 46.8 Å². The molecule has 0 spiro atoms. The Balaban J connectivity index is 1.52. The Labute approximate surface area is 200 Å². The van der Waals surface area contributed by atoms with E-state index >= 15 is 0 Å². The summed E-state index contributed by atoms with van der Waals surface area (Å²) in [6.07, 6.45) is 16.1. The number of rotatable bonds is 7. The second-order valence-corrected chi connectivity index (χ2v) is 13.3. The van der Waals surface area contributed by atoms with E-state index in [0.717, 1.165) is 54.3 Å². The first-order valence-corrected chi connectivity index (χ1v) is 14.8. The van der Waals surface area contributed by atoms with Gasteiger partial charge in [-0.25, -0.2) is 0 Å². The number of fused-ring (bicyclic) bond motifs is 4. The smallest absolute Gasteiger partial charge is 0.0580 e. The number of aliphatic hydroxyl groups is 1. The van der Waals surface area contributed by atoms with Crippen LogP contribution in [0, 0.1) is 46.8 Å². The van der Waals surface area contributed by atoms with E-state index < -0.39 is 0 Å². The third kappa shape index (κ3) is 4.44. The molecule has 8 unspecified atom stereocenters. The van der Waals surface area contributed by atoms with Crippen LogP contribution >= 0.6 is 22.6 Å². The molecule has 0 bridgehead atoms. The number of alkyl halides is 1. The van der Waals surface area contributed by atoms with Crippen molar-refractivity contribution in [3.8, 4) is 0 Å². The molecular formula is C28H47IO. The molecular weight excluding hydrogens is 479 g/mol. The number of hydrogen-bond donors (Lipinski definition) is 1. The highest BCUT2D eigenvalue weighted by molar-refractivity contribution is 14.1. The molecule has 8 atom stereocenters. The Hall–Kier alpha value is 0.430. The van der Waals surface area contributed by atoms with E-state index in [2.05, 4.69) is 50.3 Å². The standard InChI is InChI=1S/C28H47IO/c1-18(2)6-5-7-19(3)26-10-11-27-25-16-20(13-15-29)24-17-21(30)8-9-22(24)23(25)12-14-28(26,27)4/h18-21,23,25-27,30H,5-17H2,1-4H3. The van der Waals surface area contributed by atoms with Gasteiger partial charge in [0.2, 0.25) is 0 Å². The van der Waals surface area contributed by atoms with Crippen LogP contribution in [0.1, 0.15) is 105 Å². The lowest BCUT2D eigenvalue weighted by Gasteiger charge is -2.54. The van der Waals surface area contributed by atoms with Crippen LogP contribution in [-0.2, 0) is 0 Å². The number of allylic oxidation sites excluding steroid dienone is 1. The largest absolute Gasteiger partial charge is 0.393 e. The molecule has 0 aromatic rings. The highest BCUT2D eigenvalue weighted by Gasteiger charge is 2.56. The average molecular weight is 527 g/mol. The highest BCUT2D eigenvalue weighted by atomic mass is 127. The monoisotopic (exact) mass is 526 g/mol. The molecule has 0 amide bonds. The van der Waals surface area contributed by atoms with E-state index in [9.17, 15) is 5.11 Å². The normalized spacial score (nSPS) is 42.1. The molecule has 0 aromatic heterocycles. The third-order valence-corrected chi connectivity index (χ3v) is 10.8. The molecule has 4 rings (SSSR count). The van der Waals surface area contributed by atoms with Crippen LogP contribution in [-0.4, -0.2) is 15.6 Å². The zero-order valence-corrected chi connectivity index (χ0v) is 22.3. The zero-order chi connectivity index (χ0) is 21.5. The van der Waals surface area contributed by atoms with Crippen molar-refractivity contribution in [3.63, 3.8) is 0 Å². The van der Waals surface area contributed by atoms with Crippen molar-refractivity contribution in [2.45, 2.75) is 111 Å². The summed E-state index contributed by atoms with van der Waals surface area (Å²) in [5.74, 6) is 6.27. The first-order valence-electron chi connectivity index (χ1n) is 13.3. The molecule has 1 N–H and O–H groups in total. The molecule has 1 nitrogen and oxygen atoms in total. The lowest BCUT2D eigenvalue weighted by molar-refractivity contribution is -0.0123. The van der Waals surface area contributed by atoms with Crippen LogP contribution in [0.5, 0.6) is 0 Å². The molecule has 0 aromatic carbocycles. The van der Waals surface area contributed by atoms with Gasteiger partial charge in [0.15, 0.2) is 0 Å². The van der Waals surface area contributed by atoms with Gasteiger partial charge < -0.3 is 5.11 Å². The van der Waals surface area contributed by atoms with Gasteiger partial charge in [-0.05, 0) is 105 Å². The summed E-state index contributed by atoms with van der Waals surface area (Å²) in [5, 5.41) is 10.4. The molecule has 0 heterocycles. The number of aliphatic hydroxyl groups excluding tert-OH is 1. The fraction of sp³-hybridized carbons (Fsp3) is 0.929. The molecule has 2 saturated carbocycles. The lowest BCUT2D eigenvalue weighted by atomic mass is 9.50. The highest BCUT2D eigenvalue weighted by Crippen LogP contribution is 2.65. The molecule has 2 fully saturated rings. The van der Waals surface area contributed by atoms with Crippen LogP contribution in [0.25, 0.3) is 0 Å². The van der Waals surface area contributed by atoms with E-state index in [1.54, 1.807) is 5.57 Å². The Kier molecular flexibility index (Phi) is 7.65. The summed E-state index contributed by atoms with van der Waals surface area (Å²) in [7, 11) is 0. The topological polar surface area (TPSA) is 20.2 Å². The first-order chi connectivity index (χ1) is 14.3. The molecule has 0 aliphatic heterocycles. The van der Waals surface area contributed by atoms with Crippen LogP contribution in [0.2, 0.25) is 0 Å². The maximum Gasteiger partial charge on any atom is 0.0580 e. The number of hydrogen-bond acceptors (Lipinski definition) is 1. The fourth-order valence-corrected chi connectivity index (χ4v) is 9.54. The second-order valence-electron chi connectivity index (χ2n) is 12.3. The van der Waals surface area contributed by atoms with Crippen molar-refractivity contribution in [3.05, 3.63) is 11.1 Å². The fourth-order valence-electron chi connectivity index (χ4n) is 8.79. The first kappa shape index (κ1) is 23.6. The predicted octanol–water partition coefficient (Wildman–Crippen LogP) is 8.19. The molecule has 0 saturated heterocycles. The second kappa shape index (κ2) is 9.74. The Bertz CT molecular complexity index is 624. The minimum absolute atomic E-state index is 0.0617. The summed E-state index contributed by atoms with van der Waals surface area (Å²) in [5.41, 5.74) is 4.17. The molecule has 172 valence electrons. The minimum Gasteiger partial charge on any atom is -0.393 e. The maximum atomic E-state index is 10.4. The summed E-state index contributed by atoms with van der Waals surface area (Å²) in [6, 6.07) is 0. The van der Waals surface area contributed by atoms with Gasteiger partial charge in [0.25, 0.3) is 0 Å². The molecule has 4 aliphatic carbocycles. The summed E-state index contributed by atoms with van der Waals surface area (Å²) in [4.78, 5) is 0. The summed E-state index contributed by atoms with van der Waals surface area (Å²) >= 11 is 2.58. The van der Waals surface area contributed by atoms with E-state index in [1.807, 2.05) is 5.57 Å².